The Kier molecular flexibility index (Phi) is 2.91. The van der Waals surface area contributed by atoms with Crippen LogP contribution in [0.2, 0.25) is 0 Å². The minimum absolute atomic E-state index is 0.0539. The average Bonchev–Trinajstić information content (AvgIpc) is 3.36. The van der Waals surface area contributed by atoms with Crippen LogP contribution >= 0.6 is 0 Å². The highest BCUT2D eigenvalue weighted by Gasteiger charge is 2.66. The minimum atomic E-state index is 0.0539. The van der Waals surface area contributed by atoms with Crippen molar-refractivity contribution in [3.8, 4) is 11.5 Å². The summed E-state index contributed by atoms with van der Waals surface area (Å²) >= 11 is 0. The van der Waals surface area contributed by atoms with Crippen molar-refractivity contribution in [1.82, 2.24) is 4.90 Å². The van der Waals surface area contributed by atoms with Crippen molar-refractivity contribution in [2.75, 3.05) is 20.2 Å². The number of ether oxygens (including phenoxy) is 2. The summed E-state index contributed by atoms with van der Waals surface area (Å²) in [4.78, 5) is 2.82. The second-order valence-electron chi connectivity index (χ2n) is 9.84. The van der Waals surface area contributed by atoms with Gasteiger partial charge in [-0.2, -0.15) is 0 Å². The van der Waals surface area contributed by atoms with Gasteiger partial charge in [-0.05, 0) is 49.8 Å². The third kappa shape index (κ3) is 1.78. The molecule has 1 unspecified atom stereocenters. The first-order chi connectivity index (χ1) is 12.5. The third-order valence-corrected chi connectivity index (χ3v) is 7.92. The Morgan fingerprint density at radius 1 is 1.27 bits per heavy atom. The number of likely N-dealkylation sites (tertiary alicyclic amines) is 1. The Labute approximate surface area is 156 Å². The molecule has 0 N–H and O–H groups in total. The number of hydrogen-bond donors (Lipinski definition) is 0. The first kappa shape index (κ1) is 15.6. The fourth-order valence-corrected chi connectivity index (χ4v) is 6.64. The maximum absolute atomic E-state index is 6.75. The smallest absolute Gasteiger partial charge is 0.165 e. The molecule has 0 aromatic heterocycles. The number of methoxy groups -OCH3 is 1. The molecule has 4 atom stereocenters. The molecule has 1 aromatic rings. The van der Waals surface area contributed by atoms with E-state index in [4.69, 9.17) is 9.47 Å². The number of hydrogen-bond acceptors (Lipinski definition) is 3. The summed E-state index contributed by atoms with van der Waals surface area (Å²) in [5, 5.41) is 0. The molecule has 1 spiro atoms. The molecule has 0 amide bonds. The lowest BCUT2D eigenvalue weighted by atomic mass is 9.50. The fourth-order valence-electron chi connectivity index (χ4n) is 6.64. The highest BCUT2D eigenvalue weighted by atomic mass is 16.5. The molecule has 6 rings (SSSR count). The van der Waals surface area contributed by atoms with E-state index in [1.165, 1.54) is 43.5 Å². The van der Waals surface area contributed by atoms with Crippen LogP contribution in [0, 0.1) is 17.3 Å². The van der Waals surface area contributed by atoms with Crippen LogP contribution in [0.1, 0.15) is 44.2 Å². The molecule has 138 valence electrons. The van der Waals surface area contributed by atoms with Crippen LogP contribution in [0.4, 0.5) is 0 Å². The van der Waals surface area contributed by atoms with Crippen molar-refractivity contribution in [2.45, 2.75) is 57.1 Å². The second kappa shape index (κ2) is 4.86. The summed E-state index contributed by atoms with van der Waals surface area (Å²) in [6.07, 6.45) is 10.5. The molecule has 2 aliphatic heterocycles. The lowest BCUT2D eigenvalue weighted by molar-refractivity contribution is -0.0477. The Morgan fingerprint density at radius 2 is 2.12 bits per heavy atom. The lowest BCUT2D eigenvalue weighted by Crippen LogP contribution is -2.66. The van der Waals surface area contributed by atoms with E-state index in [1.807, 2.05) is 0 Å². The normalized spacial score (nSPS) is 38.7. The predicted molar refractivity (Wildman–Crippen MR) is 102 cm³/mol. The summed E-state index contributed by atoms with van der Waals surface area (Å²) in [7, 11) is 1.77. The molecule has 2 bridgehead atoms. The van der Waals surface area contributed by atoms with Crippen molar-refractivity contribution in [3.05, 3.63) is 35.4 Å². The third-order valence-electron chi connectivity index (χ3n) is 7.92. The largest absolute Gasteiger partial charge is 0.493 e. The van der Waals surface area contributed by atoms with Crippen LogP contribution in [0.15, 0.2) is 24.3 Å². The molecule has 3 nitrogen and oxygen atoms in total. The van der Waals surface area contributed by atoms with Gasteiger partial charge in [-0.25, -0.2) is 0 Å². The Balaban J connectivity index is 1.55. The van der Waals surface area contributed by atoms with Gasteiger partial charge in [0, 0.05) is 34.9 Å². The van der Waals surface area contributed by atoms with E-state index in [0.717, 1.165) is 23.8 Å². The predicted octanol–water partition coefficient (Wildman–Crippen LogP) is 3.95. The van der Waals surface area contributed by atoms with Gasteiger partial charge in [0.05, 0.1) is 7.11 Å². The monoisotopic (exact) mass is 351 g/mol. The highest BCUT2D eigenvalue weighted by molar-refractivity contribution is 5.62. The SMILES string of the molecule is COc1ccc2c3c1O[C@@H]1C(C)(C)C=CC4[C@H](C2)N(CC2CC2)CC[C@]341. The van der Waals surface area contributed by atoms with Gasteiger partial charge in [-0.3, -0.25) is 4.90 Å². The molecule has 5 aliphatic rings. The molecule has 0 radical (unpaired) electrons. The minimum Gasteiger partial charge on any atom is -0.493 e. The van der Waals surface area contributed by atoms with Gasteiger partial charge in [0.25, 0.3) is 0 Å². The molecular weight excluding hydrogens is 322 g/mol. The molecule has 2 fully saturated rings. The summed E-state index contributed by atoms with van der Waals surface area (Å²) < 4.78 is 12.5. The average molecular weight is 351 g/mol. The van der Waals surface area contributed by atoms with Crippen molar-refractivity contribution in [2.24, 2.45) is 17.3 Å². The molecule has 1 aromatic carbocycles. The Bertz CT molecular complexity index is 809. The number of piperidine rings is 1. The molecule has 2 heterocycles. The molecule has 1 saturated carbocycles. The summed E-state index contributed by atoms with van der Waals surface area (Å²) in [5.41, 5.74) is 3.20. The quantitative estimate of drug-likeness (QED) is 0.770. The van der Waals surface area contributed by atoms with Crippen LogP contribution in [-0.2, 0) is 11.8 Å². The lowest BCUT2D eigenvalue weighted by Gasteiger charge is -2.59. The van der Waals surface area contributed by atoms with E-state index < -0.39 is 0 Å². The number of rotatable bonds is 3. The molecule has 3 heteroatoms. The van der Waals surface area contributed by atoms with E-state index in [1.54, 1.807) is 7.11 Å². The molecule has 26 heavy (non-hydrogen) atoms. The van der Waals surface area contributed by atoms with Gasteiger partial charge in [0.1, 0.15) is 6.10 Å². The van der Waals surface area contributed by atoms with Gasteiger partial charge in [0.2, 0.25) is 0 Å². The van der Waals surface area contributed by atoms with Crippen LogP contribution in [-0.4, -0.2) is 37.2 Å². The molecule has 1 saturated heterocycles. The maximum Gasteiger partial charge on any atom is 0.165 e. The summed E-state index contributed by atoms with van der Waals surface area (Å²) in [5.74, 6) is 3.50. The zero-order valence-electron chi connectivity index (χ0n) is 16.1. The van der Waals surface area contributed by atoms with Gasteiger partial charge in [-0.15, -0.1) is 0 Å². The zero-order chi connectivity index (χ0) is 17.7. The van der Waals surface area contributed by atoms with Crippen molar-refractivity contribution in [1.29, 1.82) is 0 Å². The number of nitrogens with zero attached hydrogens (tertiary/aromatic N) is 1. The number of benzene rings is 1. The van der Waals surface area contributed by atoms with Crippen molar-refractivity contribution < 1.29 is 9.47 Å². The first-order valence-electron chi connectivity index (χ1n) is 10.3. The van der Waals surface area contributed by atoms with E-state index in [2.05, 4.69) is 43.0 Å². The van der Waals surface area contributed by atoms with E-state index in [9.17, 15) is 0 Å². The Morgan fingerprint density at radius 3 is 2.88 bits per heavy atom. The van der Waals surface area contributed by atoms with Crippen LogP contribution in [0.3, 0.4) is 0 Å². The first-order valence-corrected chi connectivity index (χ1v) is 10.3. The van der Waals surface area contributed by atoms with Crippen molar-refractivity contribution in [3.63, 3.8) is 0 Å². The zero-order valence-corrected chi connectivity index (χ0v) is 16.1. The Hall–Kier alpha value is -1.48. The van der Waals surface area contributed by atoms with Crippen LogP contribution < -0.4 is 9.47 Å². The summed E-state index contributed by atoms with van der Waals surface area (Å²) in [6, 6.07) is 5.08. The van der Waals surface area contributed by atoms with E-state index in [-0.39, 0.29) is 16.9 Å². The van der Waals surface area contributed by atoms with Gasteiger partial charge in [0.15, 0.2) is 11.5 Å². The standard InChI is InChI=1S/C23H29NO2/c1-22(2)9-8-16-17-12-15-6-7-18(25-3)20-19(15)23(16,21(22)26-20)10-11-24(17)13-14-4-5-14/h6-9,14,16-17,21H,4-5,10-13H2,1-3H3/t16?,17-,21+,23+/m0/s1. The van der Waals surface area contributed by atoms with E-state index in [0.29, 0.717) is 12.0 Å². The summed E-state index contributed by atoms with van der Waals surface area (Å²) in [6.45, 7) is 7.21. The topological polar surface area (TPSA) is 21.7 Å². The molecule has 3 aliphatic carbocycles. The molecular formula is C23H29NO2. The van der Waals surface area contributed by atoms with Gasteiger partial charge >= 0.3 is 0 Å². The maximum atomic E-state index is 6.75. The van der Waals surface area contributed by atoms with Crippen LogP contribution in [0.5, 0.6) is 11.5 Å². The van der Waals surface area contributed by atoms with Gasteiger partial charge < -0.3 is 9.47 Å². The van der Waals surface area contributed by atoms with Gasteiger partial charge in [-0.1, -0.05) is 32.1 Å². The van der Waals surface area contributed by atoms with E-state index >= 15 is 0 Å². The highest BCUT2D eigenvalue weighted by Crippen LogP contribution is 2.65. The van der Waals surface area contributed by atoms with Crippen molar-refractivity contribution >= 4 is 0 Å². The fraction of sp³-hybridized carbons (Fsp3) is 0.652. The van der Waals surface area contributed by atoms with Crippen LogP contribution in [0.25, 0.3) is 0 Å². The second-order valence-corrected chi connectivity index (χ2v) is 9.84.